The fourth-order valence-electron chi connectivity index (χ4n) is 4.05. The van der Waals surface area contributed by atoms with E-state index in [1.54, 1.807) is 7.05 Å². The molecule has 4 rings (SSSR count). The van der Waals surface area contributed by atoms with Crippen LogP contribution in [0.2, 0.25) is 0 Å². The quantitative estimate of drug-likeness (QED) is 0.136. The number of nitrogen functional groups attached to an aromatic ring is 1. The highest BCUT2D eigenvalue weighted by molar-refractivity contribution is 5.91. The van der Waals surface area contributed by atoms with Gasteiger partial charge in [0.25, 0.3) is 5.91 Å². The van der Waals surface area contributed by atoms with Crippen molar-refractivity contribution in [3.63, 3.8) is 0 Å². The first-order valence-corrected chi connectivity index (χ1v) is 13.8. The molecule has 1 saturated carbocycles. The Hall–Kier alpha value is -4.49. The second kappa shape index (κ2) is 17.1. The number of hydrogen-bond acceptors (Lipinski definition) is 6. The zero-order chi connectivity index (χ0) is 33.6. The maximum absolute atomic E-state index is 13.4. The van der Waals surface area contributed by atoms with Crippen molar-refractivity contribution in [2.45, 2.75) is 51.6 Å². The van der Waals surface area contributed by atoms with Gasteiger partial charge in [0.15, 0.2) is 6.61 Å². The molecule has 0 aromatic heterocycles. The van der Waals surface area contributed by atoms with Crippen LogP contribution >= 0.6 is 0 Å². The Morgan fingerprint density at radius 1 is 0.933 bits per heavy atom. The molecule has 3 aromatic rings. The summed E-state index contributed by atoms with van der Waals surface area (Å²) in [4.78, 5) is 15.4. The minimum atomic E-state index is -4.80. The second-order valence-corrected chi connectivity index (χ2v) is 9.97. The number of nitrogens with one attached hydrogen (secondary N) is 2. The summed E-state index contributed by atoms with van der Waals surface area (Å²) in [6.07, 6.45) is -1.99. The van der Waals surface area contributed by atoms with E-state index in [0.717, 1.165) is 17.7 Å². The normalized spacial score (nSPS) is 13.3. The molecule has 246 valence electrons. The Morgan fingerprint density at radius 3 is 2.02 bits per heavy atom. The Morgan fingerprint density at radius 2 is 1.53 bits per heavy atom. The zero-order valence-electron chi connectivity index (χ0n) is 24.7. The lowest BCUT2D eigenvalue weighted by Crippen LogP contribution is -2.20. The summed E-state index contributed by atoms with van der Waals surface area (Å²) in [5.74, 6) is -1.04. The molecule has 0 saturated heterocycles. The van der Waals surface area contributed by atoms with Crippen LogP contribution in [-0.4, -0.2) is 32.6 Å². The van der Waals surface area contributed by atoms with Gasteiger partial charge in [-0.3, -0.25) is 9.79 Å². The number of nitrogens with two attached hydrogens (primary N) is 1. The number of ether oxygens (including phenoxy) is 2. The summed E-state index contributed by atoms with van der Waals surface area (Å²) in [7, 11) is 1.68. The number of anilines is 3. The second-order valence-electron chi connectivity index (χ2n) is 9.97. The average Bonchev–Trinajstić information content (AvgIpc) is 2.97. The predicted octanol–water partition coefficient (Wildman–Crippen LogP) is 8.99. The highest BCUT2D eigenvalue weighted by atomic mass is 19.4. The Kier molecular flexibility index (Phi) is 14.0. The third kappa shape index (κ3) is 13.8. The van der Waals surface area contributed by atoms with Crippen molar-refractivity contribution in [1.82, 2.24) is 0 Å². The number of hydrogen-bond donors (Lipinski definition) is 3. The van der Waals surface area contributed by atoms with Crippen molar-refractivity contribution in [1.29, 1.82) is 0 Å². The van der Waals surface area contributed by atoms with E-state index >= 15 is 0 Å². The molecule has 0 unspecified atom stereocenters. The molecule has 0 radical (unpaired) electrons. The highest BCUT2D eigenvalue weighted by Crippen LogP contribution is 2.32. The smallest absolute Gasteiger partial charge is 0.484 e. The Bertz CT molecular complexity index is 1380. The number of alkyl halides is 6. The third-order valence-electron chi connectivity index (χ3n) is 6.37. The van der Waals surface area contributed by atoms with E-state index in [2.05, 4.69) is 34.0 Å². The van der Waals surface area contributed by atoms with Crippen LogP contribution in [0.5, 0.6) is 11.5 Å². The van der Waals surface area contributed by atoms with Crippen LogP contribution in [0.4, 0.5) is 53.5 Å². The molecule has 1 fully saturated rings. The molecular formula is C31H35F7N4O3. The predicted molar refractivity (Wildman–Crippen MR) is 161 cm³/mol. The van der Waals surface area contributed by atoms with Crippen molar-refractivity contribution < 1.29 is 45.0 Å². The molecule has 3 aromatic carbocycles. The summed E-state index contributed by atoms with van der Waals surface area (Å²) in [5, 5.41) is 5.02. The number of rotatable bonds is 7. The summed E-state index contributed by atoms with van der Waals surface area (Å²) in [6, 6.07) is 12.1. The largest absolute Gasteiger partial charge is 0.573 e. The highest BCUT2D eigenvalue weighted by Gasteiger charge is 2.34. The van der Waals surface area contributed by atoms with Crippen molar-refractivity contribution in [2.75, 3.05) is 30.0 Å². The molecule has 0 heterocycles. The summed E-state index contributed by atoms with van der Waals surface area (Å²) >= 11 is 0. The molecule has 0 atom stereocenters. The van der Waals surface area contributed by atoms with E-state index in [1.165, 1.54) is 74.6 Å². The van der Waals surface area contributed by atoms with Gasteiger partial charge < -0.3 is 25.8 Å². The minimum Gasteiger partial charge on any atom is -0.484 e. The molecule has 14 heteroatoms. The number of nitrogens with zero attached hydrogens (tertiary/aromatic N) is 1. The van der Waals surface area contributed by atoms with Gasteiger partial charge in [-0.2, -0.15) is 13.2 Å². The van der Waals surface area contributed by atoms with E-state index in [0.29, 0.717) is 29.3 Å². The maximum Gasteiger partial charge on any atom is 0.573 e. The first-order valence-electron chi connectivity index (χ1n) is 13.8. The Labute approximate surface area is 256 Å². The van der Waals surface area contributed by atoms with Gasteiger partial charge in [0.2, 0.25) is 0 Å². The first-order chi connectivity index (χ1) is 21.1. The molecule has 7 nitrogen and oxygen atoms in total. The summed E-state index contributed by atoms with van der Waals surface area (Å²) in [5.41, 5.74) is 5.59. The van der Waals surface area contributed by atoms with Gasteiger partial charge in [-0.1, -0.05) is 39.0 Å². The lowest BCUT2D eigenvalue weighted by atomic mass is 9.91. The van der Waals surface area contributed by atoms with E-state index in [4.69, 9.17) is 10.5 Å². The summed E-state index contributed by atoms with van der Waals surface area (Å²) < 4.78 is 94.8. The molecular weight excluding hydrogens is 609 g/mol. The lowest BCUT2D eigenvalue weighted by Gasteiger charge is -2.15. The number of aliphatic imine (C=N–C) groups is 1. The van der Waals surface area contributed by atoms with Crippen LogP contribution in [0, 0.1) is 11.7 Å². The van der Waals surface area contributed by atoms with E-state index in [-0.39, 0.29) is 11.4 Å². The van der Waals surface area contributed by atoms with Crippen molar-refractivity contribution in [2.24, 2.45) is 10.9 Å². The topological polar surface area (TPSA) is 98.0 Å². The molecule has 1 aliphatic rings. The van der Waals surface area contributed by atoms with E-state index in [9.17, 15) is 35.5 Å². The van der Waals surface area contributed by atoms with Crippen molar-refractivity contribution in [3.05, 3.63) is 72.0 Å². The minimum absolute atomic E-state index is 0.121. The number of halogens is 7. The molecule has 0 spiro atoms. The van der Waals surface area contributed by atoms with E-state index in [1.807, 2.05) is 0 Å². The number of carbonyl (C=O) groups is 1. The van der Waals surface area contributed by atoms with Crippen LogP contribution in [0.1, 0.15) is 44.6 Å². The average molecular weight is 645 g/mol. The van der Waals surface area contributed by atoms with Crippen LogP contribution in [0.15, 0.2) is 65.7 Å². The van der Waals surface area contributed by atoms with Crippen LogP contribution in [-0.2, 0) is 11.0 Å². The number of benzene rings is 3. The maximum atomic E-state index is 13.4. The first kappa shape index (κ1) is 36.7. The summed E-state index contributed by atoms with van der Waals surface area (Å²) in [6.45, 7) is 5.26. The fraction of sp³-hybridized carbons (Fsp3) is 0.355. The van der Waals surface area contributed by atoms with Gasteiger partial charge >= 0.3 is 12.5 Å². The molecule has 0 bridgehead atoms. The molecule has 1 amide bonds. The van der Waals surface area contributed by atoms with E-state index < -0.39 is 36.4 Å². The van der Waals surface area contributed by atoms with Gasteiger partial charge in [0.05, 0.1) is 16.9 Å². The molecule has 45 heavy (non-hydrogen) atoms. The van der Waals surface area contributed by atoms with Gasteiger partial charge in [-0.25, -0.2) is 4.39 Å². The van der Waals surface area contributed by atoms with Gasteiger partial charge in [0.1, 0.15) is 17.3 Å². The molecule has 4 N–H and O–H groups in total. The van der Waals surface area contributed by atoms with Crippen LogP contribution in [0.3, 0.4) is 0 Å². The van der Waals surface area contributed by atoms with Crippen molar-refractivity contribution >= 4 is 35.4 Å². The lowest BCUT2D eigenvalue weighted by molar-refractivity contribution is -0.274. The molecule has 0 aliphatic heterocycles. The molecule has 1 aliphatic carbocycles. The van der Waals surface area contributed by atoms with Crippen LogP contribution < -0.4 is 25.8 Å². The third-order valence-corrected chi connectivity index (χ3v) is 6.37. The fourth-order valence-corrected chi connectivity index (χ4v) is 4.05. The Balaban J connectivity index is 0.000000290. The number of carbonyl (C=O) groups excluding carboxylic acids is 1. The van der Waals surface area contributed by atoms with Crippen molar-refractivity contribution in [3.8, 4) is 11.5 Å². The van der Waals surface area contributed by atoms with Gasteiger partial charge in [-0.05, 0) is 67.2 Å². The zero-order valence-corrected chi connectivity index (χ0v) is 24.7. The van der Waals surface area contributed by atoms with Gasteiger partial charge in [0, 0.05) is 24.5 Å². The standard InChI is InChI=1S/C16H13F4N3O2.C8H8F3NO.C7H14/c1-22-14-7-10(3-5-13(14)21)25-8-15(24)23-9-2-4-11(12(17)6-9)16(18,19)20;1-12-6-2-4-7(5-3-6)13-8(9,10)11;1-7-5-3-2-4-6-7/h2-7H,1,8,21H2,(H,23,24);2-5,12H,1H3;7H,2-6H2,1H3. The van der Waals surface area contributed by atoms with Gasteiger partial charge in [-0.15, -0.1) is 13.2 Å². The monoisotopic (exact) mass is 644 g/mol. The number of amides is 1. The van der Waals surface area contributed by atoms with Crippen LogP contribution in [0.25, 0.3) is 0 Å². The SMILES string of the molecule is C=Nc1cc(OCC(=O)Nc2ccc(C(F)(F)F)c(F)c2)ccc1N.CC1CCCCC1.CNc1ccc(OC(F)(F)F)cc1.